The van der Waals surface area contributed by atoms with E-state index >= 15 is 0 Å². The zero-order valence-corrected chi connectivity index (χ0v) is 15.2. The van der Waals surface area contributed by atoms with Crippen LogP contribution >= 0.6 is 0 Å². The lowest BCUT2D eigenvalue weighted by Crippen LogP contribution is -2.40. The summed E-state index contributed by atoms with van der Waals surface area (Å²) in [4.78, 5) is 9.58. The summed E-state index contributed by atoms with van der Waals surface area (Å²) in [7, 11) is 2.19. The molecule has 23 heavy (non-hydrogen) atoms. The van der Waals surface area contributed by atoms with Gasteiger partial charge < -0.3 is 15.1 Å². The van der Waals surface area contributed by atoms with Crippen molar-refractivity contribution in [3.63, 3.8) is 0 Å². The summed E-state index contributed by atoms with van der Waals surface area (Å²) in [5.41, 5.74) is 2.74. The third kappa shape index (κ3) is 4.96. The van der Waals surface area contributed by atoms with Crippen LogP contribution in [0.2, 0.25) is 0 Å². The van der Waals surface area contributed by atoms with Gasteiger partial charge in [0.25, 0.3) is 0 Å². The van der Waals surface area contributed by atoms with Crippen LogP contribution in [0.3, 0.4) is 0 Å². The molecule has 1 N–H and O–H groups in total. The van der Waals surface area contributed by atoms with Crippen molar-refractivity contribution in [2.24, 2.45) is 4.99 Å². The molecule has 2 rings (SSSR count). The van der Waals surface area contributed by atoms with E-state index in [0.717, 1.165) is 45.0 Å². The fourth-order valence-electron chi connectivity index (χ4n) is 2.87. The molecule has 0 bridgehead atoms. The molecule has 1 aliphatic rings. The number of hydrogen-bond acceptors (Lipinski definition) is 2. The first-order valence-electron chi connectivity index (χ1n) is 8.97. The number of benzene rings is 1. The number of guanidine groups is 1. The second-order valence-corrected chi connectivity index (χ2v) is 6.55. The van der Waals surface area contributed by atoms with Gasteiger partial charge in [-0.1, -0.05) is 18.2 Å². The summed E-state index contributed by atoms with van der Waals surface area (Å²) in [5.74, 6) is 1.04. The molecule has 1 aromatic rings. The van der Waals surface area contributed by atoms with Crippen LogP contribution in [0.1, 0.15) is 39.2 Å². The molecule has 0 radical (unpaired) electrons. The molecule has 1 heterocycles. The molecule has 0 saturated heterocycles. The molecule has 0 fully saturated rings. The number of nitrogens with zero attached hydrogens (tertiary/aromatic N) is 3. The zero-order valence-electron chi connectivity index (χ0n) is 15.2. The number of fused-ring (bicyclic) bond motifs is 1. The summed E-state index contributed by atoms with van der Waals surface area (Å²) in [6, 6.07) is 9.28. The summed E-state index contributed by atoms with van der Waals surface area (Å²) in [6.45, 7) is 10.6. The number of para-hydroxylation sites is 1. The molecule has 0 atom stereocenters. The molecular formula is C19H32N4. The van der Waals surface area contributed by atoms with Crippen molar-refractivity contribution in [1.82, 2.24) is 10.2 Å². The highest BCUT2D eigenvalue weighted by Crippen LogP contribution is 2.27. The molecule has 0 saturated carbocycles. The molecule has 4 nitrogen and oxygen atoms in total. The predicted octanol–water partition coefficient (Wildman–Crippen LogP) is 3.14. The van der Waals surface area contributed by atoms with Crippen molar-refractivity contribution >= 4 is 11.6 Å². The van der Waals surface area contributed by atoms with E-state index in [1.165, 1.54) is 17.7 Å². The molecule has 0 aromatic heterocycles. The second kappa shape index (κ2) is 8.92. The van der Waals surface area contributed by atoms with Crippen LogP contribution in [0.4, 0.5) is 5.69 Å². The minimum Gasteiger partial charge on any atom is -0.356 e. The van der Waals surface area contributed by atoms with Gasteiger partial charge in [0.2, 0.25) is 0 Å². The SMILES string of the molecule is CCNC(=NCCCCN(C)C(C)C)N1CCc2ccccc21. The fraction of sp³-hybridized carbons (Fsp3) is 0.632. The number of rotatable bonds is 7. The van der Waals surface area contributed by atoms with Crippen LogP contribution in [0.5, 0.6) is 0 Å². The van der Waals surface area contributed by atoms with Crippen molar-refractivity contribution in [1.29, 1.82) is 0 Å². The first-order valence-corrected chi connectivity index (χ1v) is 8.97. The topological polar surface area (TPSA) is 30.9 Å². The van der Waals surface area contributed by atoms with Crippen molar-refractivity contribution in [3.05, 3.63) is 29.8 Å². The summed E-state index contributed by atoms with van der Waals surface area (Å²) >= 11 is 0. The Morgan fingerprint density at radius 2 is 2.09 bits per heavy atom. The standard InChI is InChI=1S/C19H32N4/c1-5-20-19(21-13-8-9-14-22(4)16(2)3)23-15-12-17-10-6-7-11-18(17)23/h6-7,10-11,16H,5,8-9,12-15H2,1-4H3,(H,20,21). The lowest BCUT2D eigenvalue weighted by atomic mass is 10.2. The van der Waals surface area contributed by atoms with Crippen molar-refractivity contribution in [2.75, 3.05) is 38.1 Å². The van der Waals surface area contributed by atoms with Crippen LogP contribution in [-0.2, 0) is 6.42 Å². The second-order valence-electron chi connectivity index (χ2n) is 6.55. The zero-order chi connectivity index (χ0) is 16.7. The van der Waals surface area contributed by atoms with Gasteiger partial charge in [0, 0.05) is 31.4 Å². The minimum atomic E-state index is 0.622. The van der Waals surface area contributed by atoms with Crippen molar-refractivity contribution < 1.29 is 0 Å². The number of aliphatic imine (C=N–C) groups is 1. The Bertz CT molecular complexity index is 510. The maximum absolute atomic E-state index is 4.85. The van der Waals surface area contributed by atoms with Gasteiger partial charge in [-0.2, -0.15) is 0 Å². The van der Waals surface area contributed by atoms with E-state index in [1.807, 2.05) is 0 Å². The maximum atomic E-state index is 4.85. The molecule has 0 spiro atoms. The average Bonchev–Trinajstić information content (AvgIpc) is 2.97. The van der Waals surface area contributed by atoms with E-state index in [-0.39, 0.29) is 0 Å². The van der Waals surface area contributed by atoms with Crippen molar-refractivity contribution in [3.8, 4) is 0 Å². The van der Waals surface area contributed by atoms with Gasteiger partial charge in [-0.05, 0) is 65.3 Å². The molecule has 1 aromatic carbocycles. The largest absolute Gasteiger partial charge is 0.356 e. The smallest absolute Gasteiger partial charge is 0.198 e. The summed E-state index contributed by atoms with van der Waals surface area (Å²) in [6.07, 6.45) is 3.45. The van der Waals surface area contributed by atoms with E-state index in [4.69, 9.17) is 4.99 Å². The number of hydrogen-bond donors (Lipinski definition) is 1. The van der Waals surface area contributed by atoms with Gasteiger partial charge in [0.1, 0.15) is 0 Å². The Morgan fingerprint density at radius 3 is 2.83 bits per heavy atom. The van der Waals surface area contributed by atoms with E-state index in [1.54, 1.807) is 0 Å². The molecule has 128 valence electrons. The monoisotopic (exact) mass is 316 g/mol. The molecule has 0 unspecified atom stereocenters. The van der Waals surface area contributed by atoms with Crippen LogP contribution in [-0.4, -0.2) is 50.1 Å². The first-order chi connectivity index (χ1) is 11.1. The Kier molecular flexibility index (Phi) is 6.90. The van der Waals surface area contributed by atoms with Gasteiger partial charge in [-0.3, -0.25) is 4.99 Å². The van der Waals surface area contributed by atoms with E-state index < -0.39 is 0 Å². The van der Waals surface area contributed by atoms with E-state index in [2.05, 4.69) is 67.2 Å². The van der Waals surface area contributed by atoms with Crippen LogP contribution in [0.15, 0.2) is 29.3 Å². The fourth-order valence-corrected chi connectivity index (χ4v) is 2.87. The number of anilines is 1. The van der Waals surface area contributed by atoms with Crippen LogP contribution in [0.25, 0.3) is 0 Å². The Hall–Kier alpha value is -1.55. The van der Waals surface area contributed by atoms with Gasteiger partial charge in [-0.15, -0.1) is 0 Å². The Morgan fingerprint density at radius 1 is 1.30 bits per heavy atom. The summed E-state index contributed by atoms with van der Waals surface area (Å²) < 4.78 is 0. The quantitative estimate of drug-likeness (QED) is 0.476. The van der Waals surface area contributed by atoms with Gasteiger partial charge >= 0.3 is 0 Å². The number of nitrogens with one attached hydrogen (secondary N) is 1. The highest BCUT2D eigenvalue weighted by atomic mass is 15.3. The molecular weight excluding hydrogens is 284 g/mol. The molecule has 0 amide bonds. The Balaban J connectivity index is 1.89. The van der Waals surface area contributed by atoms with E-state index in [9.17, 15) is 0 Å². The third-order valence-corrected chi connectivity index (χ3v) is 4.54. The average molecular weight is 316 g/mol. The van der Waals surface area contributed by atoms with Crippen molar-refractivity contribution in [2.45, 2.75) is 46.1 Å². The lowest BCUT2D eigenvalue weighted by Gasteiger charge is -2.22. The van der Waals surface area contributed by atoms with Gasteiger partial charge in [0.05, 0.1) is 0 Å². The third-order valence-electron chi connectivity index (χ3n) is 4.54. The highest BCUT2D eigenvalue weighted by molar-refractivity contribution is 5.97. The molecule has 0 aliphatic carbocycles. The summed E-state index contributed by atoms with van der Waals surface area (Å²) in [5, 5.41) is 3.45. The normalized spacial score (nSPS) is 14.7. The van der Waals surface area contributed by atoms with Gasteiger partial charge in [0.15, 0.2) is 5.96 Å². The molecule has 1 aliphatic heterocycles. The maximum Gasteiger partial charge on any atom is 0.198 e. The highest BCUT2D eigenvalue weighted by Gasteiger charge is 2.22. The first kappa shape index (κ1) is 17.8. The lowest BCUT2D eigenvalue weighted by molar-refractivity contribution is 0.269. The van der Waals surface area contributed by atoms with Crippen LogP contribution in [0, 0.1) is 0 Å². The minimum absolute atomic E-state index is 0.622. The predicted molar refractivity (Wildman–Crippen MR) is 100 cm³/mol. The molecule has 4 heteroatoms. The Labute approximate surface area is 141 Å². The van der Waals surface area contributed by atoms with Gasteiger partial charge in [-0.25, -0.2) is 0 Å². The van der Waals surface area contributed by atoms with E-state index in [0.29, 0.717) is 6.04 Å². The number of unbranched alkanes of at least 4 members (excludes halogenated alkanes) is 1. The van der Waals surface area contributed by atoms with Crippen LogP contribution < -0.4 is 10.2 Å².